The zero-order valence-corrected chi connectivity index (χ0v) is 8.32. The highest BCUT2D eigenvalue weighted by Gasteiger charge is 2.11. The third-order valence-corrected chi connectivity index (χ3v) is 2.09. The Balaban J connectivity index is 3.13. The molecular formula is C10H15NO3. The van der Waals surface area contributed by atoms with Crippen LogP contribution in [0, 0.1) is 6.92 Å². The van der Waals surface area contributed by atoms with Crippen LogP contribution in [0.5, 0.6) is 11.5 Å². The van der Waals surface area contributed by atoms with Crippen molar-refractivity contribution in [2.75, 3.05) is 13.7 Å². The van der Waals surface area contributed by atoms with E-state index < -0.39 is 6.10 Å². The summed E-state index contributed by atoms with van der Waals surface area (Å²) < 4.78 is 4.98. The SMILES string of the molecule is COc1c(C)cc(C(O)CN)cc1O. The van der Waals surface area contributed by atoms with Crippen LogP contribution in [-0.2, 0) is 0 Å². The Kier molecular flexibility index (Phi) is 3.33. The molecule has 1 aromatic carbocycles. The molecule has 0 aliphatic heterocycles. The summed E-state index contributed by atoms with van der Waals surface area (Å²) in [6, 6.07) is 3.21. The summed E-state index contributed by atoms with van der Waals surface area (Å²) in [5, 5.41) is 19.0. The van der Waals surface area contributed by atoms with Crippen LogP contribution in [0.15, 0.2) is 12.1 Å². The highest BCUT2D eigenvalue weighted by molar-refractivity contribution is 5.48. The second-order valence-corrected chi connectivity index (χ2v) is 3.14. The van der Waals surface area contributed by atoms with Crippen LogP contribution in [0.4, 0.5) is 0 Å². The number of phenols is 1. The second-order valence-electron chi connectivity index (χ2n) is 3.14. The fourth-order valence-corrected chi connectivity index (χ4v) is 1.38. The van der Waals surface area contributed by atoms with E-state index in [-0.39, 0.29) is 12.3 Å². The Morgan fingerprint density at radius 3 is 2.57 bits per heavy atom. The minimum atomic E-state index is -0.745. The molecular weight excluding hydrogens is 182 g/mol. The van der Waals surface area contributed by atoms with Gasteiger partial charge in [0.15, 0.2) is 11.5 Å². The topological polar surface area (TPSA) is 75.7 Å². The smallest absolute Gasteiger partial charge is 0.163 e. The maximum absolute atomic E-state index is 9.54. The van der Waals surface area contributed by atoms with Crippen molar-refractivity contribution in [1.82, 2.24) is 0 Å². The Labute approximate surface area is 82.9 Å². The molecule has 0 heterocycles. The van der Waals surface area contributed by atoms with Crippen LogP contribution in [0.3, 0.4) is 0 Å². The lowest BCUT2D eigenvalue weighted by Crippen LogP contribution is -2.11. The molecule has 4 nitrogen and oxygen atoms in total. The molecule has 1 unspecified atom stereocenters. The number of aromatic hydroxyl groups is 1. The quantitative estimate of drug-likeness (QED) is 0.666. The second kappa shape index (κ2) is 4.30. The van der Waals surface area contributed by atoms with Crippen LogP contribution in [0.25, 0.3) is 0 Å². The van der Waals surface area contributed by atoms with Crippen molar-refractivity contribution in [3.8, 4) is 11.5 Å². The molecule has 0 saturated heterocycles. The minimum Gasteiger partial charge on any atom is -0.504 e. The van der Waals surface area contributed by atoms with Gasteiger partial charge >= 0.3 is 0 Å². The predicted molar refractivity (Wildman–Crippen MR) is 53.4 cm³/mol. The molecule has 4 N–H and O–H groups in total. The maximum Gasteiger partial charge on any atom is 0.163 e. The monoisotopic (exact) mass is 197 g/mol. The van der Waals surface area contributed by atoms with Crippen molar-refractivity contribution in [1.29, 1.82) is 0 Å². The fourth-order valence-electron chi connectivity index (χ4n) is 1.38. The predicted octanol–water partition coefficient (Wildman–Crippen LogP) is 0.701. The number of phenolic OH excluding ortho intramolecular Hbond substituents is 1. The molecule has 0 bridgehead atoms. The van der Waals surface area contributed by atoms with Gasteiger partial charge in [0.2, 0.25) is 0 Å². The van der Waals surface area contributed by atoms with Gasteiger partial charge in [-0.05, 0) is 30.2 Å². The van der Waals surface area contributed by atoms with Gasteiger partial charge in [0, 0.05) is 6.54 Å². The average molecular weight is 197 g/mol. The van der Waals surface area contributed by atoms with Crippen LogP contribution in [0.2, 0.25) is 0 Å². The molecule has 4 heteroatoms. The van der Waals surface area contributed by atoms with Crippen molar-refractivity contribution in [2.24, 2.45) is 5.73 Å². The third kappa shape index (κ3) is 1.97. The molecule has 0 saturated carbocycles. The summed E-state index contributed by atoms with van der Waals surface area (Å²) in [7, 11) is 1.49. The first-order valence-electron chi connectivity index (χ1n) is 4.35. The van der Waals surface area contributed by atoms with E-state index in [1.54, 1.807) is 13.0 Å². The number of nitrogens with two attached hydrogens (primary N) is 1. The molecule has 1 atom stereocenters. The van der Waals surface area contributed by atoms with E-state index in [9.17, 15) is 10.2 Å². The first-order valence-corrected chi connectivity index (χ1v) is 4.35. The number of rotatable bonds is 3. The Bertz CT molecular complexity index is 302. The number of ether oxygens (including phenoxy) is 1. The summed E-state index contributed by atoms with van der Waals surface area (Å²) in [5.74, 6) is 0.452. The highest BCUT2D eigenvalue weighted by atomic mass is 16.5. The summed E-state index contributed by atoms with van der Waals surface area (Å²) in [6.45, 7) is 1.93. The van der Waals surface area contributed by atoms with Crippen LogP contribution >= 0.6 is 0 Å². The van der Waals surface area contributed by atoms with Crippen LogP contribution in [-0.4, -0.2) is 23.9 Å². The molecule has 1 aromatic rings. The zero-order valence-electron chi connectivity index (χ0n) is 8.32. The number of aliphatic hydroxyl groups is 1. The fraction of sp³-hybridized carbons (Fsp3) is 0.400. The molecule has 0 fully saturated rings. The van der Waals surface area contributed by atoms with Gasteiger partial charge in [0.05, 0.1) is 13.2 Å². The summed E-state index contributed by atoms with van der Waals surface area (Å²) >= 11 is 0. The number of aliphatic hydroxyl groups excluding tert-OH is 1. The van der Waals surface area contributed by atoms with Crippen LogP contribution in [0.1, 0.15) is 17.2 Å². The van der Waals surface area contributed by atoms with Gasteiger partial charge in [-0.2, -0.15) is 0 Å². The van der Waals surface area contributed by atoms with Crippen LogP contribution < -0.4 is 10.5 Å². The molecule has 0 aliphatic rings. The van der Waals surface area contributed by atoms with Gasteiger partial charge in [-0.15, -0.1) is 0 Å². The van der Waals surface area contributed by atoms with E-state index in [2.05, 4.69) is 0 Å². The van der Waals surface area contributed by atoms with Crippen molar-refractivity contribution >= 4 is 0 Å². The summed E-state index contributed by atoms with van der Waals surface area (Å²) in [6.07, 6.45) is -0.745. The van der Waals surface area contributed by atoms with E-state index >= 15 is 0 Å². The number of aryl methyl sites for hydroxylation is 1. The lowest BCUT2D eigenvalue weighted by Gasteiger charge is -2.12. The highest BCUT2D eigenvalue weighted by Crippen LogP contribution is 2.32. The Hall–Kier alpha value is -1.26. The molecule has 14 heavy (non-hydrogen) atoms. The molecule has 0 radical (unpaired) electrons. The van der Waals surface area contributed by atoms with Gasteiger partial charge in [0.25, 0.3) is 0 Å². The molecule has 78 valence electrons. The van der Waals surface area contributed by atoms with Crippen molar-refractivity contribution in [2.45, 2.75) is 13.0 Å². The first-order chi connectivity index (χ1) is 6.60. The van der Waals surface area contributed by atoms with E-state index in [0.29, 0.717) is 11.3 Å². The van der Waals surface area contributed by atoms with Gasteiger partial charge in [-0.25, -0.2) is 0 Å². The van der Waals surface area contributed by atoms with E-state index in [4.69, 9.17) is 10.5 Å². The minimum absolute atomic E-state index is 0.0231. The van der Waals surface area contributed by atoms with Gasteiger partial charge in [-0.1, -0.05) is 0 Å². The Morgan fingerprint density at radius 2 is 2.14 bits per heavy atom. The maximum atomic E-state index is 9.54. The molecule has 0 spiro atoms. The number of hydrogen-bond donors (Lipinski definition) is 3. The zero-order chi connectivity index (χ0) is 10.7. The number of methoxy groups -OCH3 is 1. The molecule has 0 aliphatic carbocycles. The van der Waals surface area contributed by atoms with E-state index in [0.717, 1.165) is 5.56 Å². The van der Waals surface area contributed by atoms with Crippen molar-refractivity contribution in [3.05, 3.63) is 23.3 Å². The van der Waals surface area contributed by atoms with E-state index in [1.165, 1.54) is 13.2 Å². The Morgan fingerprint density at radius 1 is 1.50 bits per heavy atom. The number of hydrogen-bond acceptors (Lipinski definition) is 4. The summed E-state index contributed by atoms with van der Waals surface area (Å²) in [4.78, 5) is 0. The normalized spacial score (nSPS) is 12.6. The molecule has 0 aromatic heterocycles. The average Bonchev–Trinajstić information content (AvgIpc) is 2.16. The standard InChI is InChI=1S/C10H15NO3/c1-6-3-7(9(13)5-11)4-8(12)10(6)14-2/h3-4,9,12-13H,5,11H2,1-2H3. The lowest BCUT2D eigenvalue weighted by atomic mass is 10.1. The summed E-state index contributed by atoms with van der Waals surface area (Å²) in [5.41, 5.74) is 6.69. The molecule has 1 rings (SSSR count). The first kappa shape index (κ1) is 10.8. The van der Waals surface area contributed by atoms with Crippen molar-refractivity contribution in [3.63, 3.8) is 0 Å². The van der Waals surface area contributed by atoms with Gasteiger partial charge in [-0.3, -0.25) is 0 Å². The van der Waals surface area contributed by atoms with E-state index in [1.807, 2.05) is 0 Å². The van der Waals surface area contributed by atoms with Crippen molar-refractivity contribution < 1.29 is 14.9 Å². The van der Waals surface area contributed by atoms with Gasteiger partial charge < -0.3 is 20.7 Å². The lowest BCUT2D eigenvalue weighted by molar-refractivity contribution is 0.186. The molecule has 0 amide bonds. The largest absolute Gasteiger partial charge is 0.504 e. The number of benzene rings is 1. The third-order valence-electron chi connectivity index (χ3n) is 2.09. The van der Waals surface area contributed by atoms with Gasteiger partial charge in [0.1, 0.15) is 0 Å².